The minimum Gasteiger partial charge on any atom is -0.332 e. The van der Waals surface area contributed by atoms with Gasteiger partial charge in [-0.15, -0.1) is 11.3 Å². The van der Waals surface area contributed by atoms with Crippen molar-refractivity contribution in [3.8, 4) is 0 Å². The van der Waals surface area contributed by atoms with Crippen LogP contribution in [0.15, 0.2) is 28.2 Å². The molecule has 2 rings (SSSR count). The molecule has 0 radical (unpaired) electrons. The highest BCUT2D eigenvalue weighted by Gasteiger charge is 2.00. The summed E-state index contributed by atoms with van der Waals surface area (Å²) < 4.78 is 1.06. The Hall–Kier alpha value is -0.980. The quantitative estimate of drug-likeness (QED) is 0.909. The van der Waals surface area contributed by atoms with Crippen molar-refractivity contribution in [3.05, 3.63) is 34.0 Å². The monoisotopic (exact) mass is 284 g/mol. The molecule has 0 aromatic carbocycles. The molecule has 0 aliphatic heterocycles. The number of hydrogen-bond acceptors (Lipinski definition) is 5. The van der Waals surface area contributed by atoms with Crippen LogP contribution in [-0.4, -0.2) is 9.97 Å². The zero-order valence-corrected chi connectivity index (χ0v) is 10.2. The average molecular weight is 285 g/mol. The fraction of sp³-hybridized carbons (Fsp3) is 0.111. The normalized spacial score (nSPS) is 10.3. The zero-order valence-electron chi connectivity index (χ0n) is 7.77. The molecule has 2 aromatic rings. The van der Waals surface area contributed by atoms with Crippen molar-refractivity contribution in [2.45, 2.75) is 6.54 Å². The lowest BCUT2D eigenvalue weighted by Crippen LogP contribution is -2.04. The predicted molar refractivity (Wildman–Crippen MR) is 65.2 cm³/mol. The van der Waals surface area contributed by atoms with Crippen LogP contribution in [0.4, 0.5) is 10.8 Å². The molecule has 0 aliphatic rings. The number of rotatable bonds is 3. The molecule has 0 unspecified atom stereocenters. The van der Waals surface area contributed by atoms with Crippen molar-refractivity contribution in [1.82, 2.24) is 9.97 Å². The smallest absolute Gasteiger partial charge is 0.144 e. The van der Waals surface area contributed by atoms with Gasteiger partial charge in [-0.3, -0.25) is 0 Å². The largest absolute Gasteiger partial charge is 0.332 e. The van der Waals surface area contributed by atoms with Gasteiger partial charge in [0.05, 0.1) is 11.5 Å². The van der Waals surface area contributed by atoms with Crippen molar-refractivity contribution in [1.29, 1.82) is 0 Å². The predicted octanol–water partition coefficient (Wildman–Crippen LogP) is 2.50. The van der Waals surface area contributed by atoms with Crippen LogP contribution in [0.2, 0.25) is 0 Å². The zero-order chi connectivity index (χ0) is 10.7. The highest BCUT2D eigenvalue weighted by molar-refractivity contribution is 9.10. The number of nitrogens with zero attached hydrogens (tertiary/aromatic N) is 2. The molecule has 3 N–H and O–H groups in total. The molecule has 4 nitrogen and oxygen atoms in total. The third-order valence-electron chi connectivity index (χ3n) is 1.71. The van der Waals surface area contributed by atoms with Gasteiger partial charge in [0.1, 0.15) is 11.6 Å². The molecule has 0 bridgehead atoms. The number of thiophene rings is 1. The van der Waals surface area contributed by atoms with Gasteiger partial charge in [0.15, 0.2) is 0 Å². The Balaban J connectivity index is 2.16. The Bertz CT molecular complexity index is 457. The lowest BCUT2D eigenvalue weighted by molar-refractivity contribution is 0.912. The summed E-state index contributed by atoms with van der Waals surface area (Å²) in [5.41, 5.74) is 5.46. The summed E-state index contributed by atoms with van der Waals surface area (Å²) in [5, 5.41) is 6.22. The summed E-state index contributed by atoms with van der Waals surface area (Å²) in [4.78, 5) is 8.26. The highest BCUT2D eigenvalue weighted by Crippen LogP contribution is 2.26. The number of nitrogens with one attached hydrogen (secondary N) is 1. The second-order valence-corrected chi connectivity index (χ2v) is 4.64. The summed E-state index contributed by atoms with van der Waals surface area (Å²) in [6.45, 7) is 0.351. The van der Waals surface area contributed by atoms with Gasteiger partial charge in [-0.25, -0.2) is 9.97 Å². The van der Waals surface area contributed by atoms with Crippen molar-refractivity contribution in [3.63, 3.8) is 0 Å². The molecule has 15 heavy (non-hydrogen) atoms. The molecule has 2 heterocycles. The Morgan fingerprint density at radius 2 is 2.40 bits per heavy atom. The Labute approximate surface area is 99.7 Å². The van der Waals surface area contributed by atoms with Crippen LogP contribution in [-0.2, 0) is 6.54 Å². The minimum absolute atomic E-state index is 0.351. The SMILES string of the molecule is NCc1nccc(Nc2cc(Br)cs2)n1. The number of hydrogen-bond donors (Lipinski definition) is 2. The van der Waals surface area contributed by atoms with Crippen LogP contribution < -0.4 is 11.1 Å². The third kappa shape index (κ3) is 2.74. The first-order valence-corrected chi connectivity index (χ1v) is 5.98. The van der Waals surface area contributed by atoms with Crippen molar-refractivity contribution in [2.75, 3.05) is 5.32 Å². The van der Waals surface area contributed by atoms with E-state index in [1.807, 2.05) is 17.5 Å². The summed E-state index contributed by atoms with van der Waals surface area (Å²) >= 11 is 5.00. The van der Waals surface area contributed by atoms with E-state index in [1.54, 1.807) is 17.5 Å². The van der Waals surface area contributed by atoms with E-state index in [0.29, 0.717) is 12.4 Å². The first kappa shape index (κ1) is 10.5. The van der Waals surface area contributed by atoms with Crippen molar-refractivity contribution < 1.29 is 0 Å². The number of anilines is 2. The van der Waals surface area contributed by atoms with E-state index >= 15 is 0 Å². The van der Waals surface area contributed by atoms with E-state index < -0.39 is 0 Å². The molecule has 0 fully saturated rings. The highest BCUT2D eigenvalue weighted by atomic mass is 79.9. The van der Waals surface area contributed by atoms with Gasteiger partial charge in [0, 0.05) is 16.0 Å². The fourth-order valence-corrected chi connectivity index (χ4v) is 2.40. The van der Waals surface area contributed by atoms with Crippen molar-refractivity contribution in [2.24, 2.45) is 5.73 Å². The fourth-order valence-electron chi connectivity index (χ4n) is 1.07. The molecule has 0 saturated carbocycles. The van der Waals surface area contributed by atoms with Crippen LogP contribution in [0.1, 0.15) is 5.82 Å². The van der Waals surface area contributed by atoms with Crippen LogP contribution in [0.25, 0.3) is 0 Å². The van der Waals surface area contributed by atoms with Gasteiger partial charge >= 0.3 is 0 Å². The molecular weight excluding hydrogens is 276 g/mol. The first-order chi connectivity index (χ1) is 7.28. The van der Waals surface area contributed by atoms with Crippen LogP contribution in [0.3, 0.4) is 0 Å². The van der Waals surface area contributed by atoms with E-state index in [1.165, 1.54) is 0 Å². The maximum Gasteiger partial charge on any atom is 0.144 e. The molecule has 0 spiro atoms. The lowest BCUT2D eigenvalue weighted by atomic mass is 10.5. The second kappa shape index (κ2) is 4.69. The number of aromatic nitrogens is 2. The van der Waals surface area contributed by atoms with Crippen LogP contribution in [0, 0.1) is 0 Å². The van der Waals surface area contributed by atoms with E-state index in [9.17, 15) is 0 Å². The van der Waals surface area contributed by atoms with Crippen molar-refractivity contribution >= 4 is 38.1 Å². The number of nitrogens with two attached hydrogens (primary N) is 1. The van der Waals surface area contributed by atoms with Gasteiger partial charge in [-0.2, -0.15) is 0 Å². The molecule has 78 valence electrons. The summed E-state index contributed by atoms with van der Waals surface area (Å²) in [5.74, 6) is 1.40. The molecule has 0 saturated heterocycles. The molecular formula is C9H9BrN4S. The Morgan fingerprint density at radius 1 is 1.53 bits per heavy atom. The lowest BCUT2D eigenvalue weighted by Gasteiger charge is -2.02. The molecule has 0 atom stereocenters. The van der Waals surface area contributed by atoms with Crippen LogP contribution >= 0.6 is 27.3 Å². The average Bonchev–Trinajstić information content (AvgIpc) is 2.64. The topological polar surface area (TPSA) is 63.8 Å². The summed E-state index contributed by atoms with van der Waals surface area (Å²) in [7, 11) is 0. The van der Waals surface area contributed by atoms with E-state index in [0.717, 1.165) is 15.3 Å². The minimum atomic E-state index is 0.351. The van der Waals surface area contributed by atoms with Gasteiger partial charge in [0.25, 0.3) is 0 Å². The first-order valence-electron chi connectivity index (χ1n) is 4.31. The van der Waals surface area contributed by atoms with E-state index in [-0.39, 0.29) is 0 Å². The molecule has 6 heteroatoms. The van der Waals surface area contributed by atoms with E-state index in [2.05, 4.69) is 31.2 Å². The van der Waals surface area contributed by atoms with Gasteiger partial charge in [0.2, 0.25) is 0 Å². The van der Waals surface area contributed by atoms with Crippen LogP contribution in [0.5, 0.6) is 0 Å². The maximum absolute atomic E-state index is 5.46. The second-order valence-electron chi connectivity index (χ2n) is 2.82. The Morgan fingerprint density at radius 3 is 3.07 bits per heavy atom. The standard InChI is InChI=1S/C9H9BrN4S/c10-6-3-9(15-5-6)14-7-1-2-12-8(4-11)13-7/h1-3,5H,4,11H2,(H,12,13,14). The maximum atomic E-state index is 5.46. The molecule has 2 aromatic heterocycles. The van der Waals surface area contributed by atoms with Gasteiger partial charge in [-0.05, 0) is 28.1 Å². The van der Waals surface area contributed by atoms with Gasteiger partial charge in [-0.1, -0.05) is 0 Å². The molecule has 0 amide bonds. The van der Waals surface area contributed by atoms with E-state index in [4.69, 9.17) is 5.73 Å². The summed E-state index contributed by atoms with van der Waals surface area (Å²) in [6.07, 6.45) is 1.69. The Kier molecular flexibility index (Phi) is 3.30. The summed E-state index contributed by atoms with van der Waals surface area (Å²) in [6, 6.07) is 3.81. The molecule has 0 aliphatic carbocycles. The van der Waals surface area contributed by atoms with Gasteiger partial charge < -0.3 is 11.1 Å². The number of halogens is 1. The third-order valence-corrected chi connectivity index (χ3v) is 3.31.